The van der Waals surface area contributed by atoms with E-state index in [1.165, 1.54) is 6.26 Å². The van der Waals surface area contributed by atoms with Crippen LogP contribution < -0.4 is 5.32 Å². The number of piperidine rings is 1. The van der Waals surface area contributed by atoms with Crippen LogP contribution in [0.15, 0.2) is 4.99 Å². The molecular weight excluding hydrogens is 469 g/mol. The molecule has 0 unspecified atom stereocenters. The molecule has 0 spiro atoms. The third-order valence-corrected chi connectivity index (χ3v) is 5.90. The summed E-state index contributed by atoms with van der Waals surface area (Å²) in [6.45, 7) is 6.93. The van der Waals surface area contributed by atoms with Crippen molar-refractivity contribution in [3.8, 4) is 0 Å². The molecule has 1 atom stereocenters. The van der Waals surface area contributed by atoms with Crippen LogP contribution in [0.2, 0.25) is 0 Å². The highest BCUT2D eigenvalue weighted by Crippen LogP contribution is 2.47. The van der Waals surface area contributed by atoms with E-state index in [9.17, 15) is 13.2 Å². The Morgan fingerprint density at radius 3 is 2.58 bits per heavy atom. The number of carbonyl (C=O) groups is 1. The number of hydrogen-bond acceptors (Lipinski definition) is 5. The third kappa shape index (κ3) is 7.21. The second kappa shape index (κ2) is 10.1. The van der Waals surface area contributed by atoms with Crippen molar-refractivity contribution in [2.75, 3.05) is 44.8 Å². The summed E-state index contributed by atoms with van der Waals surface area (Å²) in [6.07, 6.45) is 4.87. The standard InChI is InChI=1S/C17H31N3O4S.HI/c1-4-18-16(19-12-17(8-9-17)13-25(3,22)23)20-10-6-7-14(11-20)15(21)24-5-2;/h14H,4-13H2,1-3H3,(H,18,19);1H/t14-;/m1./s1. The highest BCUT2D eigenvalue weighted by atomic mass is 127. The first-order valence-electron chi connectivity index (χ1n) is 9.16. The SMILES string of the molecule is CCNC(=NCC1(CS(C)(=O)=O)CC1)N1CCC[C@@H](C(=O)OCC)C1.I. The van der Waals surface area contributed by atoms with Crippen molar-refractivity contribution in [2.24, 2.45) is 16.3 Å². The Morgan fingerprint density at radius 1 is 1.35 bits per heavy atom. The lowest BCUT2D eigenvalue weighted by atomic mass is 9.98. The Hall–Kier alpha value is -0.580. The van der Waals surface area contributed by atoms with Gasteiger partial charge < -0.3 is 15.0 Å². The molecule has 1 N–H and O–H groups in total. The van der Waals surface area contributed by atoms with Crippen molar-refractivity contribution in [2.45, 2.75) is 39.5 Å². The fraction of sp³-hybridized carbons (Fsp3) is 0.882. The zero-order valence-electron chi connectivity index (χ0n) is 16.0. The van der Waals surface area contributed by atoms with E-state index in [1.54, 1.807) is 0 Å². The third-order valence-electron chi connectivity index (χ3n) is 4.77. The normalized spacial score (nSPS) is 22.3. The molecule has 26 heavy (non-hydrogen) atoms. The second-order valence-electron chi connectivity index (χ2n) is 7.28. The average molecular weight is 501 g/mol. The van der Waals surface area contributed by atoms with Gasteiger partial charge in [0, 0.05) is 37.8 Å². The maximum absolute atomic E-state index is 12.0. The Bertz CT molecular complexity index is 605. The Morgan fingerprint density at radius 2 is 2.04 bits per heavy atom. The minimum absolute atomic E-state index is 0. The number of halogens is 1. The Labute approximate surface area is 174 Å². The van der Waals surface area contributed by atoms with Crippen molar-refractivity contribution in [3.63, 3.8) is 0 Å². The molecule has 0 bridgehead atoms. The first-order valence-corrected chi connectivity index (χ1v) is 11.2. The maximum Gasteiger partial charge on any atom is 0.310 e. The van der Waals surface area contributed by atoms with Gasteiger partial charge in [-0.3, -0.25) is 9.79 Å². The summed E-state index contributed by atoms with van der Waals surface area (Å²) < 4.78 is 28.4. The number of nitrogens with one attached hydrogen (secondary N) is 1. The smallest absolute Gasteiger partial charge is 0.310 e. The van der Waals surface area contributed by atoms with Gasteiger partial charge in [0.2, 0.25) is 0 Å². The van der Waals surface area contributed by atoms with Crippen LogP contribution in [0.3, 0.4) is 0 Å². The first-order chi connectivity index (χ1) is 11.8. The Balaban J connectivity index is 0.00000338. The van der Waals surface area contributed by atoms with E-state index in [0.29, 0.717) is 19.7 Å². The average Bonchev–Trinajstić information content (AvgIpc) is 3.29. The summed E-state index contributed by atoms with van der Waals surface area (Å²) in [5.41, 5.74) is -0.190. The number of hydrogen-bond donors (Lipinski definition) is 1. The maximum atomic E-state index is 12.0. The number of nitrogens with zero attached hydrogens (tertiary/aromatic N) is 2. The first kappa shape index (κ1) is 23.5. The van der Waals surface area contributed by atoms with Crippen LogP contribution in [-0.4, -0.2) is 70.0 Å². The molecule has 0 amide bonds. The number of aliphatic imine (C=N–C) groups is 1. The highest BCUT2D eigenvalue weighted by Gasteiger charge is 2.45. The van der Waals surface area contributed by atoms with Gasteiger partial charge in [-0.1, -0.05) is 0 Å². The van der Waals surface area contributed by atoms with Gasteiger partial charge in [0.25, 0.3) is 0 Å². The number of sulfone groups is 1. The van der Waals surface area contributed by atoms with Gasteiger partial charge in [0.15, 0.2) is 5.96 Å². The number of esters is 1. The zero-order valence-corrected chi connectivity index (χ0v) is 19.1. The molecule has 2 fully saturated rings. The van der Waals surface area contributed by atoms with E-state index < -0.39 is 9.84 Å². The van der Waals surface area contributed by atoms with Crippen LogP contribution in [0.5, 0.6) is 0 Å². The number of rotatable bonds is 7. The monoisotopic (exact) mass is 501 g/mol. The molecule has 1 saturated heterocycles. The molecule has 0 aromatic rings. The summed E-state index contributed by atoms with van der Waals surface area (Å²) >= 11 is 0. The molecule has 0 aromatic carbocycles. The molecule has 1 aliphatic heterocycles. The van der Waals surface area contributed by atoms with Crippen LogP contribution >= 0.6 is 24.0 Å². The number of ether oxygens (including phenoxy) is 1. The lowest BCUT2D eigenvalue weighted by Crippen LogP contribution is -2.48. The van der Waals surface area contributed by atoms with E-state index in [1.807, 2.05) is 13.8 Å². The summed E-state index contributed by atoms with van der Waals surface area (Å²) in [4.78, 5) is 18.8. The topological polar surface area (TPSA) is 88.1 Å². The van der Waals surface area contributed by atoms with Gasteiger partial charge >= 0.3 is 5.97 Å². The van der Waals surface area contributed by atoms with Crippen molar-refractivity contribution < 1.29 is 17.9 Å². The highest BCUT2D eigenvalue weighted by molar-refractivity contribution is 14.0. The minimum atomic E-state index is -3.00. The van der Waals surface area contributed by atoms with E-state index in [2.05, 4.69) is 10.2 Å². The molecule has 152 valence electrons. The summed E-state index contributed by atoms with van der Waals surface area (Å²) in [7, 11) is -3.00. The van der Waals surface area contributed by atoms with Gasteiger partial charge in [0.1, 0.15) is 9.84 Å². The van der Waals surface area contributed by atoms with Crippen LogP contribution in [0.1, 0.15) is 39.5 Å². The fourth-order valence-electron chi connectivity index (χ4n) is 3.37. The van der Waals surface area contributed by atoms with Gasteiger partial charge in [-0.2, -0.15) is 0 Å². The van der Waals surface area contributed by atoms with Gasteiger partial charge in [0.05, 0.1) is 18.3 Å². The lowest BCUT2D eigenvalue weighted by Gasteiger charge is -2.34. The van der Waals surface area contributed by atoms with Gasteiger partial charge in [-0.25, -0.2) is 8.42 Å². The second-order valence-corrected chi connectivity index (χ2v) is 9.42. The molecule has 1 saturated carbocycles. The molecule has 7 nitrogen and oxygen atoms in total. The van der Waals surface area contributed by atoms with Crippen LogP contribution in [-0.2, 0) is 19.4 Å². The van der Waals surface area contributed by atoms with E-state index in [4.69, 9.17) is 9.73 Å². The van der Waals surface area contributed by atoms with E-state index >= 15 is 0 Å². The van der Waals surface area contributed by atoms with Crippen molar-refractivity contribution in [1.29, 1.82) is 0 Å². The molecule has 1 aliphatic carbocycles. The number of carbonyl (C=O) groups excluding carboxylic acids is 1. The number of likely N-dealkylation sites (tertiary alicyclic amines) is 1. The predicted molar refractivity (Wildman–Crippen MR) is 114 cm³/mol. The summed E-state index contributed by atoms with van der Waals surface area (Å²) in [6, 6.07) is 0. The molecule has 2 rings (SSSR count). The summed E-state index contributed by atoms with van der Waals surface area (Å²) in [5.74, 6) is 0.715. The van der Waals surface area contributed by atoms with Gasteiger partial charge in [-0.05, 0) is 39.5 Å². The van der Waals surface area contributed by atoms with Crippen molar-refractivity contribution >= 4 is 45.7 Å². The molecule has 0 aromatic heterocycles. The molecule has 1 heterocycles. The summed E-state index contributed by atoms with van der Waals surface area (Å²) in [5, 5.41) is 3.28. The van der Waals surface area contributed by atoms with Gasteiger partial charge in [-0.15, -0.1) is 24.0 Å². The quantitative estimate of drug-likeness (QED) is 0.247. The molecular formula is C17H32IN3O4S. The van der Waals surface area contributed by atoms with Crippen LogP contribution in [0, 0.1) is 11.3 Å². The zero-order chi connectivity index (χ0) is 18.5. The van der Waals surface area contributed by atoms with Crippen molar-refractivity contribution in [1.82, 2.24) is 10.2 Å². The lowest BCUT2D eigenvalue weighted by molar-refractivity contribution is -0.149. The van der Waals surface area contributed by atoms with E-state index in [-0.39, 0.29) is 47.0 Å². The minimum Gasteiger partial charge on any atom is -0.466 e. The number of guanidine groups is 1. The van der Waals surface area contributed by atoms with Crippen LogP contribution in [0.4, 0.5) is 0 Å². The molecule has 2 aliphatic rings. The molecule has 9 heteroatoms. The van der Waals surface area contributed by atoms with Crippen molar-refractivity contribution in [3.05, 3.63) is 0 Å². The predicted octanol–water partition coefficient (Wildman–Crippen LogP) is 1.67. The fourth-order valence-corrected chi connectivity index (χ4v) is 4.86. The van der Waals surface area contributed by atoms with E-state index in [0.717, 1.165) is 44.7 Å². The van der Waals surface area contributed by atoms with Crippen LogP contribution in [0.25, 0.3) is 0 Å². The largest absolute Gasteiger partial charge is 0.466 e. The molecule has 0 radical (unpaired) electrons. The Kier molecular flexibility index (Phi) is 9.11.